The second-order valence-corrected chi connectivity index (χ2v) is 18.0. The molecule has 16 heteroatoms. The Morgan fingerprint density at radius 2 is 1.91 bits per heavy atom. The van der Waals surface area contributed by atoms with Gasteiger partial charge in [0.15, 0.2) is 0 Å². The largest absolute Gasteiger partial charge is 0.490 e. The highest BCUT2D eigenvalue weighted by Gasteiger charge is 2.44. The molecule has 7 rings (SSSR count). The number of nitrogens with zero attached hydrogens (tertiary/aromatic N) is 4. The van der Waals surface area contributed by atoms with Crippen LogP contribution in [0.2, 0.25) is 5.02 Å². The van der Waals surface area contributed by atoms with Crippen molar-refractivity contribution in [2.75, 3.05) is 58.3 Å². The number of esters is 1. The van der Waals surface area contributed by atoms with E-state index < -0.39 is 39.7 Å². The third-order valence-corrected chi connectivity index (χ3v) is 13.9. The molecule has 14 nitrogen and oxygen atoms in total. The zero-order valence-electron chi connectivity index (χ0n) is 32.9. The molecule has 1 N–H and O–H groups in total. The highest BCUT2D eigenvalue weighted by atomic mass is 35.5. The topological polar surface area (TPSA) is 160 Å². The molecule has 0 radical (unpaired) electrons. The van der Waals surface area contributed by atoms with Gasteiger partial charge in [0.05, 0.1) is 31.3 Å². The summed E-state index contributed by atoms with van der Waals surface area (Å²) in [7, 11) is 2.13. The first-order chi connectivity index (χ1) is 27.3. The fraction of sp³-hybridized carbons (Fsp3) is 0.512. The summed E-state index contributed by atoms with van der Waals surface area (Å²) in [4.78, 5) is 43.1. The van der Waals surface area contributed by atoms with Crippen LogP contribution >= 0.6 is 11.6 Å². The number of aromatic nitrogens is 2. The first kappa shape index (κ1) is 40.7. The molecule has 57 heavy (non-hydrogen) atoms. The van der Waals surface area contributed by atoms with Crippen LogP contribution in [0, 0.1) is 17.8 Å². The van der Waals surface area contributed by atoms with Crippen molar-refractivity contribution in [3.63, 3.8) is 0 Å². The van der Waals surface area contributed by atoms with Gasteiger partial charge < -0.3 is 28.6 Å². The molecule has 3 heterocycles. The minimum absolute atomic E-state index is 0.00411. The molecule has 1 spiro atoms. The van der Waals surface area contributed by atoms with Gasteiger partial charge in [-0.15, -0.1) is 9.46 Å². The number of carbonyl (C=O) groups excluding carboxylic acids is 3. The lowest BCUT2D eigenvalue weighted by Crippen LogP contribution is -2.49. The predicted molar refractivity (Wildman–Crippen MR) is 214 cm³/mol. The molecule has 2 amide bonds. The molecule has 1 aromatic heterocycles. The van der Waals surface area contributed by atoms with E-state index in [-0.39, 0.29) is 52.7 Å². The van der Waals surface area contributed by atoms with Crippen molar-refractivity contribution in [3.8, 4) is 11.6 Å². The highest BCUT2D eigenvalue weighted by molar-refractivity contribution is 7.92. The van der Waals surface area contributed by atoms with Crippen LogP contribution in [-0.4, -0.2) is 97.4 Å². The van der Waals surface area contributed by atoms with Gasteiger partial charge >= 0.3 is 5.97 Å². The number of hydrogen-bond acceptors (Lipinski definition) is 11. The zero-order chi connectivity index (χ0) is 40.5. The summed E-state index contributed by atoms with van der Waals surface area (Å²) in [5, 5.41) is 4.84. The quantitative estimate of drug-likeness (QED) is 0.243. The van der Waals surface area contributed by atoms with Gasteiger partial charge in [0.1, 0.15) is 33.9 Å². The lowest BCUT2D eigenvalue weighted by atomic mass is 9.68. The SMILES string of the molecule is COCC(=O)O[C@H]1/C=C/[C@H](OC)[C@@H]2CC[C@H]2CN2C[C@@]3(CCCc4cc(Cl)ccc43)COc3ccc(cc32)C(=O)N=[S@](=O)(NC(=O)c2cn(C)nc2OC)C[C@H]1C. The van der Waals surface area contributed by atoms with Crippen LogP contribution < -0.4 is 19.1 Å². The van der Waals surface area contributed by atoms with Gasteiger partial charge in [0.2, 0.25) is 5.88 Å². The fourth-order valence-electron chi connectivity index (χ4n) is 8.76. The monoisotopic (exact) mass is 823 g/mol. The Bertz CT molecular complexity index is 2180. The molecule has 306 valence electrons. The Balaban J connectivity index is 1.34. The van der Waals surface area contributed by atoms with E-state index in [1.54, 1.807) is 45.4 Å². The molecule has 1 saturated carbocycles. The van der Waals surface area contributed by atoms with Gasteiger partial charge in [-0.3, -0.25) is 19.0 Å². The molecule has 4 aliphatic rings. The minimum atomic E-state index is -3.90. The molecular weight excluding hydrogens is 774 g/mol. The maximum atomic E-state index is 15.0. The Morgan fingerprint density at radius 1 is 1.11 bits per heavy atom. The third kappa shape index (κ3) is 8.57. The van der Waals surface area contributed by atoms with Gasteiger partial charge in [0, 0.05) is 62.5 Å². The van der Waals surface area contributed by atoms with E-state index in [0.717, 1.165) is 37.8 Å². The number of carbonyl (C=O) groups is 3. The van der Waals surface area contributed by atoms with E-state index in [1.165, 1.54) is 36.2 Å². The number of ether oxygens (including phenoxy) is 5. The number of methoxy groups -OCH3 is 3. The maximum absolute atomic E-state index is 15.0. The van der Waals surface area contributed by atoms with Crippen LogP contribution in [0.5, 0.6) is 11.6 Å². The van der Waals surface area contributed by atoms with Crippen LogP contribution in [0.4, 0.5) is 5.69 Å². The van der Waals surface area contributed by atoms with Crippen molar-refractivity contribution in [1.29, 1.82) is 0 Å². The summed E-state index contributed by atoms with van der Waals surface area (Å²) in [6, 6.07) is 11.3. The van der Waals surface area contributed by atoms with Crippen LogP contribution in [-0.2, 0) is 47.8 Å². The van der Waals surface area contributed by atoms with Gasteiger partial charge in [0.25, 0.3) is 11.8 Å². The zero-order valence-corrected chi connectivity index (χ0v) is 34.5. The Labute approximate surface area is 338 Å². The van der Waals surface area contributed by atoms with E-state index in [4.69, 9.17) is 35.3 Å². The number of rotatable bonds is 7. The lowest BCUT2D eigenvalue weighted by molar-refractivity contribution is -0.152. The molecule has 2 aromatic carbocycles. The van der Waals surface area contributed by atoms with Crippen LogP contribution in [0.15, 0.2) is 59.1 Å². The normalized spacial score (nSPS) is 29.1. The van der Waals surface area contributed by atoms with E-state index in [9.17, 15) is 18.6 Å². The van der Waals surface area contributed by atoms with Gasteiger partial charge in [-0.05, 0) is 91.5 Å². The molecule has 2 aliphatic heterocycles. The van der Waals surface area contributed by atoms with Crippen LogP contribution in [0.3, 0.4) is 0 Å². The van der Waals surface area contributed by atoms with E-state index in [0.29, 0.717) is 30.5 Å². The number of benzene rings is 2. The molecule has 1 fully saturated rings. The van der Waals surface area contributed by atoms with Gasteiger partial charge in [-0.25, -0.2) is 9.00 Å². The van der Waals surface area contributed by atoms with Crippen molar-refractivity contribution >= 4 is 45.0 Å². The molecule has 2 bridgehead atoms. The van der Waals surface area contributed by atoms with Crippen LogP contribution in [0.1, 0.15) is 64.4 Å². The van der Waals surface area contributed by atoms with Crippen molar-refractivity contribution < 1.29 is 42.3 Å². The number of nitrogens with one attached hydrogen (secondary N) is 1. The Morgan fingerprint density at radius 3 is 2.65 bits per heavy atom. The Hall–Kier alpha value is -4.44. The number of anilines is 1. The van der Waals surface area contributed by atoms with E-state index in [2.05, 4.69) is 31.2 Å². The molecule has 7 atom stereocenters. The first-order valence-corrected chi connectivity index (χ1v) is 21.3. The van der Waals surface area contributed by atoms with E-state index >= 15 is 0 Å². The lowest BCUT2D eigenvalue weighted by Gasteiger charge is -2.46. The third-order valence-electron chi connectivity index (χ3n) is 11.7. The Kier molecular flexibility index (Phi) is 12.0. The average Bonchev–Trinajstić information content (AvgIpc) is 3.49. The van der Waals surface area contributed by atoms with Gasteiger partial charge in [-0.1, -0.05) is 30.7 Å². The number of fused-ring (bicyclic) bond motifs is 4. The molecular formula is C41H50ClN5O9S. The number of halogens is 1. The smallest absolute Gasteiger partial charge is 0.332 e. The second-order valence-electron chi connectivity index (χ2n) is 15.6. The fourth-order valence-corrected chi connectivity index (χ4v) is 10.8. The maximum Gasteiger partial charge on any atom is 0.332 e. The summed E-state index contributed by atoms with van der Waals surface area (Å²) in [6.45, 7) is 3.15. The summed E-state index contributed by atoms with van der Waals surface area (Å²) in [6.07, 6.45) is 8.53. The molecule has 0 saturated heterocycles. The van der Waals surface area contributed by atoms with Gasteiger partial charge in [-0.2, -0.15) is 0 Å². The number of hydrogen-bond donors (Lipinski definition) is 1. The molecule has 0 unspecified atom stereocenters. The minimum Gasteiger partial charge on any atom is -0.490 e. The predicted octanol–water partition coefficient (Wildman–Crippen LogP) is 5.31. The first-order valence-electron chi connectivity index (χ1n) is 19.2. The highest BCUT2D eigenvalue weighted by Crippen LogP contribution is 2.47. The average molecular weight is 824 g/mol. The molecule has 2 aliphatic carbocycles. The van der Waals surface area contributed by atoms with Crippen molar-refractivity contribution in [2.24, 2.45) is 29.2 Å². The summed E-state index contributed by atoms with van der Waals surface area (Å²) >= 11 is 6.47. The second kappa shape index (κ2) is 16.8. The van der Waals surface area contributed by atoms with Crippen LogP contribution in [0.25, 0.3) is 0 Å². The standard InChI is InChI=1S/C41H50ClN5O9S/c1-25-22-57(51,45-39(50)31-20-46(2)43-40(31)54-5)44-38(49)27-9-13-36-33(18-27)47(23-41(24-55-36)16-6-7-26-17-29(42)10-12-32(26)41)19-28-8-11-30(28)35(53-4)15-14-34(25)56-37(48)21-52-3/h9-10,12-15,17-18,20,25,28,30,34-35H,6-8,11,16,19,21-24H2,1-5H3,(H,44,45,49,50,51)/b15-14+/t25-,28+,30-,34+,35+,41+,57+/m1/s1. The van der Waals surface area contributed by atoms with Crippen molar-refractivity contribution in [3.05, 3.63) is 82.0 Å². The summed E-state index contributed by atoms with van der Waals surface area (Å²) < 4.78 is 52.0. The van der Waals surface area contributed by atoms with E-state index in [1.807, 2.05) is 12.1 Å². The number of amides is 2. The molecule has 3 aromatic rings. The number of aryl methyl sites for hydroxylation is 2. The van der Waals surface area contributed by atoms with Crippen molar-refractivity contribution in [2.45, 2.75) is 56.7 Å². The summed E-state index contributed by atoms with van der Waals surface area (Å²) in [5.41, 5.74) is 3.02. The van der Waals surface area contributed by atoms with Crippen molar-refractivity contribution in [1.82, 2.24) is 14.5 Å². The summed E-state index contributed by atoms with van der Waals surface area (Å²) in [5.74, 6) is -2.26.